The SMILES string of the molecule is C[C@H]1CCN(C(=O)OC(C)(C)C)[C@H](C[C]#[Y])C1. The maximum absolute atomic E-state index is 12.1. The van der Waals surface area contributed by atoms with Gasteiger partial charge in [-0.15, -0.1) is 0 Å². The summed E-state index contributed by atoms with van der Waals surface area (Å²) in [5.41, 5.74) is -0.404. The first-order valence-electron chi connectivity index (χ1n) is 6.26. The number of piperidine rings is 1. The van der Waals surface area contributed by atoms with Gasteiger partial charge in [0.2, 0.25) is 0 Å². The average Bonchev–Trinajstić information content (AvgIpc) is 2.15. The van der Waals surface area contributed by atoms with Gasteiger partial charge >= 0.3 is 124 Å². The van der Waals surface area contributed by atoms with Crippen LogP contribution in [0, 0.1) is 8.51 Å². The summed E-state index contributed by atoms with van der Waals surface area (Å²) in [5.74, 6) is 0.702. The van der Waals surface area contributed by atoms with E-state index in [1.807, 2.05) is 25.7 Å². The van der Waals surface area contributed by atoms with Crippen LogP contribution < -0.4 is 0 Å². The number of hydrogen-bond acceptors (Lipinski definition) is 2. The first kappa shape index (κ1) is 15.2. The molecule has 0 unspecified atom stereocenters. The van der Waals surface area contributed by atoms with E-state index in [0.29, 0.717) is 12.0 Å². The van der Waals surface area contributed by atoms with Crippen molar-refractivity contribution >= 4 is 6.09 Å². The van der Waals surface area contributed by atoms with E-state index in [1.54, 1.807) is 0 Å². The van der Waals surface area contributed by atoms with E-state index in [2.05, 4.69) is 9.52 Å². The summed E-state index contributed by atoms with van der Waals surface area (Å²) in [7, 11) is 0. The number of carbonyl (C=O) groups excluding carboxylic acids is 1. The monoisotopic (exact) mass is 313 g/mol. The van der Waals surface area contributed by atoms with Crippen LogP contribution in [0.2, 0.25) is 0 Å². The van der Waals surface area contributed by atoms with Crippen LogP contribution in [0.5, 0.6) is 0 Å². The predicted molar refractivity (Wildman–Crippen MR) is 63.6 cm³/mol. The number of amides is 1. The predicted octanol–water partition coefficient (Wildman–Crippen LogP) is 2.92. The van der Waals surface area contributed by atoms with Gasteiger partial charge < -0.3 is 0 Å². The first-order valence-corrected chi connectivity index (χ1v) is 7.68. The zero-order valence-electron chi connectivity index (χ0n) is 11.3. The summed E-state index contributed by atoms with van der Waals surface area (Å²) in [6, 6.07) is 0.295. The van der Waals surface area contributed by atoms with Gasteiger partial charge in [-0.2, -0.15) is 0 Å². The molecule has 0 saturated carbocycles. The molecule has 2 atom stereocenters. The number of ether oxygens (including phenoxy) is 1. The van der Waals surface area contributed by atoms with E-state index in [9.17, 15) is 4.79 Å². The molecule has 4 heteroatoms. The Hall–Kier alpha value is 0.154. The number of carbonyl (C=O) groups is 1. The summed E-state index contributed by atoms with van der Waals surface area (Å²) in [5, 5.41) is 0. The van der Waals surface area contributed by atoms with Gasteiger partial charge in [0.15, 0.2) is 0 Å². The van der Waals surface area contributed by atoms with Gasteiger partial charge in [0.25, 0.3) is 0 Å². The Bertz CT molecular complexity index is 316. The molecule has 3 nitrogen and oxygen atoms in total. The van der Waals surface area contributed by atoms with Crippen molar-refractivity contribution < 1.29 is 39.8 Å². The summed E-state index contributed by atoms with van der Waals surface area (Å²) in [6.45, 7) is 8.82. The van der Waals surface area contributed by atoms with E-state index in [1.165, 1.54) is 0 Å². The first-order chi connectivity index (χ1) is 7.83. The molecule has 0 aromatic carbocycles. The fraction of sp³-hybridized carbons (Fsp3) is 0.846. The molecule has 1 aliphatic heterocycles. The van der Waals surface area contributed by atoms with Crippen LogP contribution in [-0.4, -0.2) is 29.2 Å². The normalized spacial score (nSPS) is 25.4. The Labute approximate surface area is 124 Å². The minimum absolute atomic E-state index is 0.162. The van der Waals surface area contributed by atoms with Crippen molar-refractivity contribution in [3.8, 4) is 2.59 Å². The number of likely N-dealkylation sites (tertiary alicyclic amines) is 1. The van der Waals surface area contributed by atoms with E-state index in [4.69, 9.17) is 4.74 Å². The molecule has 17 heavy (non-hydrogen) atoms. The van der Waals surface area contributed by atoms with Crippen LogP contribution >= 0.6 is 0 Å². The molecule has 0 bridgehead atoms. The Balaban J connectivity index is 2.66. The van der Waals surface area contributed by atoms with Crippen LogP contribution in [0.1, 0.15) is 47.0 Å². The molecule has 1 aliphatic rings. The van der Waals surface area contributed by atoms with Crippen molar-refractivity contribution in [3.05, 3.63) is 0 Å². The molecule has 1 heterocycles. The number of hydrogen-bond donors (Lipinski definition) is 0. The molecule has 1 amide bonds. The molecule has 1 saturated heterocycles. The second kappa shape index (κ2) is 6.36. The molecule has 0 N–H and O–H groups in total. The van der Waals surface area contributed by atoms with E-state index in [0.717, 1.165) is 56.0 Å². The molecule has 0 aromatic heterocycles. The third-order valence-electron chi connectivity index (χ3n) is 2.96. The van der Waals surface area contributed by atoms with Gasteiger partial charge in [0.05, 0.1) is 0 Å². The van der Waals surface area contributed by atoms with Crippen molar-refractivity contribution in [1.29, 1.82) is 0 Å². The minimum atomic E-state index is -0.404. The third kappa shape index (κ3) is 5.11. The number of nitrogens with zero attached hydrogens (tertiary/aromatic N) is 1. The zero-order chi connectivity index (χ0) is 13.1. The molecule has 1 fully saturated rings. The average molecular weight is 313 g/mol. The summed E-state index contributed by atoms with van der Waals surface area (Å²) >= 11 is 1.03. The molecule has 0 aromatic rings. The third-order valence-corrected chi connectivity index (χ3v) is 3.54. The van der Waals surface area contributed by atoms with Gasteiger partial charge in [-0.05, 0) is 0 Å². The molecule has 0 spiro atoms. The summed E-state index contributed by atoms with van der Waals surface area (Å²) in [4.78, 5) is 14.0. The second-order valence-corrected chi connectivity index (χ2v) is 6.87. The van der Waals surface area contributed by atoms with Crippen LogP contribution in [0.25, 0.3) is 0 Å². The van der Waals surface area contributed by atoms with Gasteiger partial charge in [-0.25, -0.2) is 0 Å². The standard InChI is InChI=1S/C13H22NO2.Y/c1-6-11-9-10(2)7-8-14(11)12(15)16-13(3,4)5;/h10-11H,6-9H2,2-5H3;/t10-,11+;/m0./s1. The van der Waals surface area contributed by atoms with E-state index in [-0.39, 0.29) is 6.09 Å². The van der Waals surface area contributed by atoms with Crippen molar-refractivity contribution in [2.45, 2.75) is 58.6 Å². The Kier molecular flexibility index (Phi) is 5.69. The molecular formula is C13H22NO2Y. The Morgan fingerprint density at radius 2 is 2.18 bits per heavy atom. The second-order valence-electron chi connectivity index (χ2n) is 5.87. The van der Waals surface area contributed by atoms with Gasteiger partial charge in [-0.3, -0.25) is 0 Å². The van der Waals surface area contributed by atoms with Crippen LogP contribution in [0.4, 0.5) is 4.79 Å². The van der Waals surface area contributed by atoms with Crippen molar-refractivity contribution in [3.63, 3.8) is 0 Å². The fourth-order valence-corrected chi connectivity index (χ4v) is 2.81. The van der Waals surface area contributed by atoms with Crippen molar-refractivity contribution in [2.75, 3.05) is 6.54 Å². The van der Waals surface area contributed by atoms with Crippen molar-refractivity contribution in [1.82, 2.24) is 4.90 Å². The van der Waals surface area contributed by atoms with E-state index >= 15 is 0 Å². The maximum atomic E-state index is 12.1. The fourth-order valence-electron chi connectivity index (χ4n) is 2.14. The quantitative estimate of drug-likeness (QED) is 0.745. The molecule has 0 radical (unpaired) electrons. The van der Waals surface area contributed by atoms with Crippen LogP contribution in [0.3, 0.4) is 0 Å². The topological polar surface area (TPSA) is 29.5 Å². The summed E-state index contributed by atoms with van der Waals surface area (Å²) in [6.07, 6.45) is 2.89. The molecule has 1 rings (SSSR count). The van der Waals surface area contributed by atoms with Gasteiger partial charge in [0, 0.05) is 0 Å². The zero-order valence-corrected chi connectivity index (χ0v) is 14.2. The van der Waals surface area contributed by atoms with E-state index < -0.39 is 5.60 Å². The van der Waals surface area contributed by atoms with Crippen LogP contribution in [0.15, 0.2) is 0 Å². The van der Waals surface area contributed by atoms with Crippen molar-refractivity contribution in [2.24, 2.45) is 5.92 Å². The summed E-state index contributed by atoms with van der Waals surface area (Å²) < 4.78 is 8.75. The Morgan fingerprint density at radius 1 is 1.53 bits per heavy atom. The van der Waals surface area contributed by atoms with Crippen LogP contribution in [-0.2, 0) is 35.0 Å². The van der Waals surface area contributed by atoms with Gasteiger partial charge in [0.1, 0.15) is 0 Å². The Morgan fingerprint density at radius 3 is 2.71 bits per heavy atom. The number of rotatable bonds is 1. The molecule has 0 aliphatic carbocycles. The van der Waals surface area contributed by atoms with Gasteiger partial charge in [-0.1, -0.05) is 0 Å². The molecule has 94 valence electrons. The molecular weight excluding hydrogens is 291 g/mol.